The first-order valence-electron chi connectivity index (χ1n) is 12.8. The Kier molecular flexibility index (Phi) is 7.14. The van der Waals surface area contributed by atoms with Gasteiger partial charge in [0.05, 0.1) is 35.6 Å². The van der Waals surface area contributed by atoms with Gasteiger partial charge in [-0.2, -0.15) is 0 Å². The highest BCUT2D eigenvalue weighted by Gasteiger charge is 2.33. The van der Waals surface area contributed by atoms with Crippen molar-refractivity contribution in [1.82, 2.24) is 9.13 Å². The largest absolute Gasteiger partial charge is 0.497 e. The summed E-state index contributed by atoms with van der Waals surface area (Å²) in [6, 6.07) is 17.2. The fraction of sp³-hybridized carbons (Fsp3) is 0.258. The molecule has 4 aromatic rings. The van der Waals surface area contributed by atoms with Crippen molar-refractivity contribution in [2.24, 2.45) is 4.99 Å². The Morgan fingerprint density at radius 1 is 1.08 bits per heavy atom. The molecular weight excluding hydrogens is 510 g/mol. The lowest BCUT2D eigenvalue weighted by Gasteiger charge is -2.25. The number of carbonyl (C=O) groups is 1. The summed E-state index contributed by atoms with van der Waals surface area (Å²) < 4.78 is 15.2. The number of ether oxygens (including phenoxy) is 2. The zero-order chi connectivity index (χ0) is 27.8. The van der Waals surface area contributed by atoms with Crippen LogP contribution in [0, 0.1) is 20.8 Å². The normalized spacial score (nSPS) is 15.2. The van der Waals surface area contributed by atoms with E-state index in [1.165, 1.54) is 16.9 Å². The van der Waals surface area contributed by atoms with Gasteiger partial charge in [-0.15, -0.1) is 0 Å². The molecular formula is C31H31N3O4S. The SMILES string of the molecule is CCOC(=O)C1=C(C)N=c2s/c(=C/c3cc(C)n(-c4cccc(C)c4)c3C)c(=O)n2[C@@H]1c1cccc(OC)c1. The molecule has 2 aromatic heterocycles. The fourth-order valence-electron chi connectivity index (χ4n) is 5.16. The van der Waals surface area contributed by atoms with E-state index in [9.17, 15) is 9.59 Å². The van der Waals surface area contributed by atoms with Crippen LogP contribution in [0.2, 0.25) is 0 Å². The maximum Gasteiger partial charge on any atom is 0.338 e. The zero-order valence-corrected chi connectivity index (χ0v) is 23.8. The van der Waals surface area contributed by atoms with E-state index >= 15 is 0 Å². The molecule has 0 spiro atoms. The number of aryl methyl sites for hydroxylation is 2. The van der Waals surface area contributed by atoms with E-state index in [4.69, 9.17) is 9.47 Å². The quantitative estimate of drug-likeness (QED) is 0.337. The second-order valence-corrected chi connectivity index (χ2v) is 10.6. The van der Waals surface area contributed by atoms with Crippen LogP contribution in [0.5, 0.6) is 5.75 Å². The molecule has 5 rings (SSSR count). The average molecular weight is 542 g/mol. The Hall–Kier alpha value is -4.17. The first-order chi connectivity index (χ1) is 18.7. The van der Waals surface area contributed by atoms with Gasteiger partial charge < -0.3 is 14.0 Å². The third-order valence-electron chi connectivity index (χ3n) is 6.94. The minimum atomic E-state index is -0.683. The molecule has 0 bridgehead atoms. The lowest BCUT2D eigenvalue weighted by molar-refractivity contribution is -0.139. The Morgan fingerprint density at radius 2 is 1.85 bits per heavy atom. The van der Waals surface area contributed by atoms with Crippen LogP contribution in [-0.2, 0) is 9.53 Å². The summed E-state index contributed by atoms with van der Waals surface area (Å²) in [6.45, 7) is 9.96. The molecule has 1 aliphatic rings. The molecule has 3 heterocycles. The minimum absolute atomic E-state index is 0.207. The van der Waals surface area contributed by atoms with Crippen LogP contribution in [0.15, 0.2) is 75.7 Å². The monoisotopic (exact) mass is 541 g/mol. The summed E-state index contributed by atoms with van der Waals surface area (Å²) in [5.74, 6) is 0.152. The summed E-state index contributed by atoms with van der Waals surface area (Å²) in [4.78, 5) is 32.3. The molecule has 0 fully saturated rings. The molecule has 0 N–H and O–H groups in total. The maximum absolute atomic E-state index is 14.0. The van der Waals surface area contributed by atoms with Gasteiger partial charge in [0.15, 0.2) is 4.80 Å². The molecule has 2 aromatic carbocycles. The van der Waals surface area contributed by atoms with Gasteiger partial charge in [-0.1, -0.05) is 35.6 Å². The second kappa shape index (κ2) is 10.5. The molecule has 1 aliphatic heterocycles. The van der Waals surface area contributed by atoms with Gasteiger partial charge >= 0.3 is 5.97 Å². The molecule has 0 aliphatic carbocycles. The number of fused-ring (bicyclic) bond motifs is 1. The summed E-state index contributed by atoms with van der Waals surface area (Å²) in [6.07, 6.45) is 1.92. The number of esters is 1. The molecule has 7 nitrogen and oxygen atoms in total. The number of aromatic nitrogens is 2. The van der Waals surface area contributed by atoms with Gasteiger partial charge in [0, 0.05) is 17.1 Å². The fourth-order valence-corrected chi connectivity index (χ4v) is 6.20. The molecule has 0 saturated carbocycles. The highest BCUT2D eigenvalue weighted by Crippen LogP contribution is 2.32. The second-order valence-electron chi connectivity index (χ2n) is 9.58. The van der Waals surface area contributed by atoms with Crippen molar-refractivity contribution in [1.29, 1.82) is 0 Å². The Bertz CT molecular complexity index is 1810. The molecule has 200 valence electrons. The van der Waals surface area contributed by atoms with Crippen molar-refractivity contribution < 1.29 is 14.3 Å². The van der Waals surface area contributed by atoms with E-state index in [0.29, 0.717) is 26.4 Å². The molecule has 0 saturated heterocycles. The van der Waals surface area contributed by atoms with Gasteiger partial charge in [0.2, 0.25) is 0 Å². The van der Waals surface area contributed by atoms with Crippen molar-refractivity contribution in [2.45, 2.75) is 40.7 Å². The van der Waals surface area contributed by atoms with E-state index < -0.39 is 12.0 Å². The van der Waals surface area contributed by atoms with Crippen molar-refractivity contribution in [2.75, 3.05) is 13.7 Å². The Labute approximate surface area is 231 Å². The minimum Gasteiger partial charge on any atom is -0.497 e. The number of carbonyl (C=O) groups excluding carboxylic acids is 1. The molecule has 0 amide bonds. The standard InChI is InChI=1S/C31H31N3O4S/c1-7-38-30(36)27-20(4)32-31-34(28(27)22-11-9-13-25(16-22)37-6)29(35)26(39-31)17-23-15-19(3)33(21(23)5)24-12-8-10-18(2)14-24/h8-17,28H,7H2,1-6H3/b26-17+/t28-/m1/s1. The van der Waals surface area contributed by atoms with Crippen molar-refractivity contribution in [3.63, 3.8) is 0 Å². The predicted octanol–water partition coefficient (Wildman–Crippen LogP) is 4.52. The Balaban J connectivity index is 1.70. The lowest BCUT2D eigenvalue weighted by Crippen LogP contribution is -2.39. The van der Waals surface area contributed by atoms with Gasteiger partial charge in [0.1, 0.15) is 5.75 Å². The van der Waals surface area contributed by atoms with E-state index in [1.807, 2.05) is 36.4 Å². The third kappa shape index (κ3) is 4.76. The van der Waals surface area contributed by atoms with Gasteiger partial charge in [-0.25, -0.2) is 9.79 Å². The predicted molar refractivity (Wildman–Crippen MR) is 153 cm³/mol. The van der Waals surface area contributed by atoms with Crippen LogP contribution in [0.4, 0.5) is 0 Å². The van der Waals surface area contributed by atoms with Crippen LogP contribution in [0.3, 0.4) is 0 Å². The topological polar surface area (TPSA) is 74.8 Å². The molecule has 1 atom stereocenters. The third-order valence-corrected chi connectivity index (χ3v) is 7.93. The van der Waals surface area contributed by atoms with Gasteiger partial charge in [-0.05, 0) is 87.7 Å². The van der Waals surface area contributed by atoms with Gasteiger partial charge in [0.25, 0.3) is 5.56 Å². The molecule has 8 heteroatoms. The highest BCUT2D eigenvalue weighted by atomic mass is 32.1. The van der Waals surface area contributed by atoms with Crippen LogP contribution in [0.25, 0.3) is 11.8 Å². The van der Waals surface area contributed by atoms with E-state index in [0.717, 1.165) is 28.2 Å². The van der Waals surface area contributed by atoms with Crippen LogP contribution >= 0.6 is 11.3 Å². The number of hydrogen-bond donors (Lipinski definition) is 0. The van der Waals surface area contributed by atoms with Crippen LogP contribution in [0.1, 0.15) is 48.0 Å². The van der Waals surface area contributed by atoms with E-state index in [2.05, 4.69) is 54.6 Å². The average Bonchev–Trinajstić information content (AvgIpc) is 3.37. The first kappa shape index (κ1) is 26.4. The highest BCUT2D eigenvalue weighted by molar-refractivity contribution is 7.07. The summed E-state index contributed by atoms with van der Waals surface area (Å²) in [7, 11) is 1.59. The van der Waals surface area contributed by atoms with Crippen molar-refractivity contribution in [3.05, 3.63) is 114 Å². The summed E-state index contributed by atoms with van der Waals surface area (Å²) in [5, 5.41) is 0. The van der Waals surface area contributed by atoms with E-state index in [1.54, 1.807) is 25.5 Å². The number of benzene rings is 2. The number of allylic oxidation sites excluding steroid dienone is 1. The maximum atomic E-state index is 14.0. The van der Waals surface area contributed by atoms with Crippen molar-refractivity contribution in [3.8, 4) is 11.4 Å². The summed E-state index contributed by atoms with van der Waals surface area (Å²) in [5.41, 5.74) is 6.76. The van der Waals surface area contributed by atoms with Crippen LogP contribution < -0.4 is 19.6 Å². The Morgan fingerprint density at radius 3 is 2.56 bits per heavy atom. The van der Waals surface area contributed by atoms with E-state index in [-0.39, 0.29) is 12.2 Å². The number of nitrogens with zero attached hydrogens (tertiary/aromatic N) is 3. The molecule has 0 radical (unpaired) electrons. The molecule has 0 unspecified atom stereocenters. The van der Waals surface area contributed by atoms with Crippen molar-refractivity contribution >= 4 is 23.4 Å². The zero-order valence-electron chi connectivity index (χ0n) is 22.9. The number of rotatable bonds is 6. The number of methoxy groups -OCH3 is 1. The first-order valence-corrected chi connectivity index (χ1v) is 13.6. The lowest BCUT2D eigenvalue weighted by atomic mass is 9.95. The molecule has 39 heavy (non-hydrogen) atoms. The smallest absolute Gasteiger partial charge is 0.338 e. The number of hydrogen-bond acceptors (Lipinski definition) is 6. The van der Waals surface area contributed by atoms with Crippen LogP contribution in [-0.4, -0.2) is 28.8 Å². The number of thiazole rings is 1. The van der Waals surface area contributed by atoms with Gasteiger partial charge in [-0.3, -0.25) is 9.36 Å². The summed E-state index contributed by atoms with van der Waals surface area (Å²) >= 11 is 1.32.